The lowest BCUT2D eigenvalue weighted by Gasteiger charge is -2.44. The van der Waals surface area contributed by atoms with Crippen molar-refractivity contribution in [2.75, 3.05) is 0 Å². The number of benzene rings is 1. The molecule has 2 heterocycles. The van der Waals surface area contributed by atoms with Crippen LogP contribution in [0, 0.1) is 5.82 Å². The summed E-state index contributed by atoms with van der Waals surface area (Å²) in [5.41, 5.74) is 0.0414. The third-order valence-corrected chi connectivity index (χ3v) is 7.69. The molecule has 2 aliphatic carbocycles. The van der Waals surface area contributed by atoms with E-state index in [1.54, 1.807) is 28.5 Å². The summed E-state index contributed by atoms with van der Waals surface area (Å²) < 4.78 is 14.9. The van der Waals surface area contributed by atoms with E-state index in [1.165, 1.54) is 37.7 Å². The number of fused-ring (bicyclic) bond motifs is 1. The van der Waals surface area contributed by atoms with Gasteiger partial charge in [-0.3, -0.25) is 14.4 Å². The van der Waals surface area contributed by atoms with E-state index in [-0.39, 0.29) is 60.1 Å². The second kappa shape index (κ2) is 10.0. The quantitative estimate of drug-likeness (QED) is 0.641. The zero-order chi connectivity index (χ0) is 25.3. The highest BCUT2D eigenvalue weighted by Crippen LogP contribution is 2.39. The summed E-state index contributed by atoms with van der Waals surface area (Å²) >= 11 is 0. The Balaban J connectivity index is 1.35. The van der Waals surface area contributed by atoms with Crippen LogP contribution < -0.4 is 10.6 Å². The molecule has 1 aromatic carbocycles. The largest absolute Gasteiger partial charge is 0.350 e. The van der Waals surface area contributed by atoms with Crippen molar-refractivity contribution >= 4 is 17.7 Å². The van der Waals surface area contributed by atoms with Gasteiger partial charge in [-0.05, 0) is 50.3 Å². The number of halogens is 1. The van der Waals surface area contributed by atoms with E-state index in [4.69, 9.17) is 0 Å². The van der Waals surface area contributed by atoms with Crippen molar-refractivity contribution in [3.8, 4) is 0 Å². The summed E-state index contributed by atoms with van der Waals surface area (Å²) in [6.07, 6.45) is 10.8. The van der Waals surface area contributed by atoms with Gasteiger partial charge >= 0.3 is 0 Å². The van der Waals surface area contributed by atoms with Crippen molar-refractivity contribution in [2.45, 2.75) is 95.4 Å². The molecule has 0 unspecified atom stereocenters. The van der Waals surface area contributed by atoms with E-state index in [9.17, 15) is 18.8 Å². The van der Waals surface area contributed by atoms with Crippen LogP contribution in [0.4, 0.5) is 4.39 Å². The molecule has 0 bridgehead atoms. The number of imidazole rings is 1. The summed E-state index contributed by atoms with van der Waals surface area (Å²) in [4.78, 5) is 46.4. The topological polar surface area (TPSA) is 96.3 Å². The van der Waals surface area contributed by atoms with Crippen LogP contribution in [-0.2, 0) is 17.9 Å². The minimum absolute atomic E-state index is 0.0377. The summed E-state index contributed by atoms with van der Waals surface area (Å²) in [7, 11) is 0. The Labute approximate surface area is 210 Å². The number of nitrogens with one attached hydrogen (secondary N) is 2. The first-order valence-electron chi connectivity index (χ1n) is 13.1. The maximum atomic E-state index is 13.8. The molecule has 9 heteroatoms. The fraction of sp³-hybridized carbons (Fsp3) is 0.556. The van der Waals surface area contributed by atoms with Crippen LogP contribution in [0.5, 0.6) is 0 Å². The molecule has 1 aliphatic heterocycles. The van der Waals surface area contributed by atoms with Crippen LogP contribution in [0.15, 0.2) is 30.6 Å². The second-order valence-electron chi connectivity index (χ2n) is 10.6. The van der Waals surface area contributed by atoms with E-state index in [1.807, 2.05) is 0 Å². The summed E-state index contributed by atoms with van der Waals surface area (Å²) in [6, 6.07) is 6.00. The molecule has 3 amide bonds. The monoisotopic (exact) mass is 495 g/mol. The van der Waals surface area contributed by atoms with Gasteiger partial charge in [0, 0.05) is 18.6 Å². The molecule has 5 rings (SSSR count). The molecule has 1 aromatic heterocycles. The summed E-state index contributed by atoms with van der Waals surface area (Å²) in [6.45, 7) is 2.21. The molecule has 2 fully saturated rings. The predicted octanol–water partition coefficient (Wildman–Crippen LogP) is 3.56. The van der Waals surface area contributed by atoms with Crippen LogP contribution in [0.3, 0.4) is 0 Å². The average Bonchev–Trinajstić information content (AvgIpc) is 3.57. The molecular formula is C27H34FN5O3. The third-order valence-electron chi connectivity index (χ3n) is 7.69. The van der Waals surface area contributed by atoms with Gasteiger partial charge in [0.2, 0.25) is 5.91 Å². The predicted molar refractivity (Wildman–Crippen MR) is 132 cm³/mol. The van der Waals surface area contributed by atoms with Gasteiger partial charge in [-0.25, -0.2) is 9.37 Å². The standard InChI is InChI=1S/C27H34FN5O3/c1-27(26(36)29-15-18-9-11-19(28)12-10-18)16-32-17-30-22(23(32)25(35)33(27)21-13-14-21)24(34)31-20-7-5-3-2-4-6-8-20/h9-12,17,20-21H,2-8,13-16H2,1H3,(H,29,36)(H,31,34)/t27-/m1/s1. The highest BCUT2D eigenvalue weighted by Gasteiger charge is 2.53. The number of amides is 3. The minimum atomic E-state index is -1.13. The molecule has 2 aromatic rings. The van der Waals surface area contributed by atoms with Crippen molar-refractivity contribution in [1.29, 1.82) is 0 Å². The van der Waals surface area contributed by atoms with E-state index < -0.39 is 5.54 Å². The summed E-state index contributed by atoms with van der Waals surface area (Å²) in [5.74, 6) is -1.27. The first-order valence-corrected chi connectivity index (χ1v) is 13.1. The third kappa shape index (κ3) is 4.88. The molecule has 0 radical (unpaired) electrons. The fourth-order valence-corrected chi connectivity index (χ4v) is 5.55. The number of carbonyl (C=O) groups excluding carboxylic acids is 3. The van der Waals surface area contributed by atoms with Crippen LogP contribution in [0.1, 0.15) is 91.3 Å². The first-order chi connectivity index (χ1) is 17.4. The SMILES string of the molecule is C[C@]1(C(=O)NCc2ccc(F)cc2)Cn2cnc(C(=O)NC3CCCCCCC3)c2C(=O)N1C1CC1. The average molecular weight is 496 g/mol. The van der Waals surface area contributed by atoms with Crippen molar-refractivity contribution < 1.29 is 18.8 Å². The Hall–Kier alpha value is -3.23. The Morgan fingerprint density at radius 1 is 1.06 bits per heavy atom. The van der Waals surface area contributed by atoms with E-state index in [2.05, 4.69) is 15.6 Å². The molecule has 1 atom stereocenters. The Morgan fingerprint density at radius 3 is 2.39 bits per heavy atom. The summed E-state index contributed by atoms with van der Waals surface area (Å²) in [5, 5.41) is 6.03. The zero-order valence-corrected chi connectivity index (χ0v) is 20.8. The van der Waals surface area contributed by atoms with Crippen molar-refractivity contribution in [2.24, 2.45) is 0 Å². The number of nitrogens with zero attached hydrogens (tertiary/aromatic N) is 3. The van der Waals surface area contributed by atoms with Gasteiger partial charge in [0.25, 0.3) is 11.8 Å². The molecule has 2 N–H and O–H groups in total. The van der Waals surface area contributed by atoms with Crippen LogP contribution in [0.2, 0.25) is 0 Å². The van der Waals surface area contributed by atoms with Gasteiger partial charge < -0.3 is 20.1 Å². The lowest BCUT2D eigenvalue weighted by molar-refractivity contribution is -0.133. The number of carbonyl (C=O) groups is 3. The van der Waals surface area contributed by atoms with Crippen LogP contribution in [-0.4, -0.2) is 49.8 Å². The highest BCUT2D eigenvalue weighted by atomic mass is 19.1. The van der Waals surface area contributed by atoms with Gasteiger partial charge in [0.15, 0.2) is 5.69 Å². The maximum Gasteiger partial charge on any atom is 0.274 e. The van der Waals surface area contributed by atoms with Crippen LogP contribution in [0.25, 0.3) is 0 Å². The lowest BCUT2D eigenvalue weighted by Crippen LogP contribution is -2.64. The van der Waals surface area contributed by atoms with Gasteiger partial charge in [-0.15, -0.1) is 0 Å². The van der Waals surface area contributed by atoms with Gasteiger partial charge in [0.05, 0.1) is 12.9 Å². The molecule has 0 spiro atoms. The molecule has 0 saturated heterocycles. The van der Waals surface area contributed by atoms with Gasteiger partial charge in [-0.2, -0.15) is 0 Å². The molecule has 3 aliphatic rings. The van der Waals surface area contributed by atoms with Crippen molar-refractivity contribution in [3.63, 3.8) is 0 Å². The first kappa shape index (κ1) is 24.5. The Bertz CT molecular complexity index is 1130. The van der Waals surface area contributed by atoms with E-state index in [0.29, 0.717) is 0 Å². The van der Waals surface area contributed by atoms with Gasteiger partial charge in [0.1, 0.15) is 17.1 Å². The molecule has 2 saturated carbocycles. The minimum Gasteiger partial charge on any atom is -0.350 e. The number of hydrogen-bond donors (Lipinski definition) is 2. The maximum absolute atomic E-state index is 13.8. The smallest absolute Gasteiger partial charge is 0.274 e. The molecular weight excluding hydrogens is 461 g/mol. The van der Waals surface area contributed by atoms with Crippen LogP contribution >= 0.6 is 0 Å². The number of aromatic nitrogens is 2. The fourth-order valence-electron chi connectivity index (χ4n) is 5.55. The highest BCUT2D eigenvalue weighted by molar-refractivity contribution is 6.07. The number of rotatable bonds is 6. The molecule has 8 nitrogen and oxygen atoms in total. The molecule has 36 heavy (non-hydrogen) atoms. The van der Waals surface area contributed by atoms with E-state index in [0.717, 1.165) is 44.1 Å². The Kier molecular flexibility index (Phi) is 6.81. The zero-order valence-electron chi connectivity index (χ0n) is 20.8. The van der Waals surface area contributed by atoms with E-state index >= 15 is 0 Å². The lowest BCUT2D eigenvalue weighted by atomic mass is 9.93. The van der Waals surface area contributed by atoms with Crippen molar-refractivity contribution in [1.82, 2.24) is 25.1 Å². The second-order valence-corrected chi connectivity index (χ2v) is 10.6. The number of hydrogen-bond acceptors (Lipinski definition) is 4. The Morgan fingerprint density at radius 2 is 1.72 bits per heavy atom. The van der Waals surface area contributed by atoms with Crippen molar-refractivity contribution in [3.05, 3.63) is 53.4 Å². The normalized spacial score (nSPS) is 22.9. The molecule has 192 valence electrons. The van der Waals surface area contributed by atoms with Gasteiger partial charge in [-0.1, -0.05) is 44.2 Å².